The summed E-state index contributed by atoms with van der Waals surface area (Å²) in [4.78, 5) is 0. The van der Waals surface area contributed by atoms with Gasteiger partial charge < -0.3 is 10.5 Å². The lowest BCUT2D eigenvalue weighted by Gasteiger charge is -2.23. The zero-order chi connectivity index (χ0) is 8.55. The second kappa shape index (κ2) is 4.29. The lowest BCUT2D eigenvalue weighted by atomic mass is 10.00. The third-order valence-corrected chi connectivity index (χ3v) is 2.45. The Kier molecular flexibility index (Phi) is 3.56. The number of halogens is 2. The average Bonchev–Trinajstić information content (AvgIpc) is 2.07. The van der Waals surface area contributed by atoms with Crippen LogP contribution in [0.15, 0.2) is 18.2 Å². The van der Waals surface area contributed by atoms with Gasteiger partial charge in [-0.2, -0.15) is 0 Å². The maximum absolute atomic E-state index is 5.97. The lowest BCUT2D eigenvalue weighted by molar-refractivity contribution is 0.0925. The molecule has 13 heavy (non-hydrogen) atoms. The second-order valence-electron chi connectivity index (χ2n) is 2.93. The van der Waals surface area contributed by atoms with Crippen molar-refractivity contribution in [1.82, 2.24) is 0 Å². The Morgan fingerprint density at radius 3 is 2.92 bits per heavy atom. The summed E-state index contributed by atoms with van der Waals surface area (Å²) in [6.07, 6.45) is 0. The highest BCUT2D eigenvalue weighted by Crippen LogP contribution is 2.28. The van der Waals surface area contributed by atoms with Gasteiger partial charge >= 0.3 is 0 Å². The Morgan fingerprint density at radius 1 is 1.46 bits per heavy atom. The van der Waals surface area contributed by atoms with Crippen molar-refractivity contribution in [2.75, 3.05) is 6.61 Å². The fourth-order valence-electron chi connectivity index (χ4n) is 1.45. The van der Waals surface area contributed by atoms with E-state index in [1.807, 2.05) is 18.2 Å². The maximum atomic E-state index is 5.97. The number of hydrogen-bond acceptors (Lipinski definition) is 2. The van der Waals surface area contributed by atoms with Gasteiger partial charge in [-0.3, -0.25) is 0 Å². The molecule has 1 atom stereocenters. The molecular formula is C9H11Cl2NO. The van der Waals surface area contributed by atoms with Gasteiger partial charge in [-0.25, -0.2) is 0 Å². The lowest BCUT2D eigenvalue weighted by Crippen LogP contribution is -2.23. The van der Waals surface area contributed by atoms with E-state index in [1.54, 1.807) is 0 Å². The smallest absolute Gasteiger partial charge is 0.0735 e. The SMILES string of the molecule is Cl.NC1COCc2c(Cl)cccc21. The number of ether oxygens (including phenoxy) is 1. The van der Waals surface area contributed by atoms with Gasteiger partial charge in [-0.05, 0) is 11.6 Å². The monoisotopic (exact) mass is 219 g/mol. The summed E-state index contributed by atoms with van der Waals surface area (Å²) in [7, 11) is 0. The summed E-state index contributed by atoms with van der Waals surface area (Å²) in [6, 6.07) is 5.77. The standard InChI is InChI=1S/C9H10ClNO.ClH/c10-8-3-1-2-6-7(8)4-12-5-9(6)11;/h1-3,9H,4-5,11H2;1H. The van der Waals surface area contributed by atoms with E-state index in [-0.39, 0.29) is 18.4 Å². The molecule has 0 bridgehead atoms. The molecule has 72 valence electrons. The highest BCUT2D eigenvalue weighted by atomic mass is 35.5. The van der Waals surface area contributed by atoms with Crippen LogP contribution in [-0.2, 0) is 11.3 Å². The normalized spacial score (nSPS) is 20.3. The largest absolute Gasteiger partial charge is 0.375 e. The van der Waals surface area contributed by atoms with Gasteiger partial charge in [0.15, 0.2) is 0 Å². The Bertz CT molecular complexity index is 304. The van der Waals surface area contributed by atoms with E-state index in [2.05, 4.69) is 0 Å². The molecule has 0 amide bonds. The summed E-state index contributed by atoms with van der Waals surface area (Å²) in [5, 5.41) is 0.752. The van der Waals surface area contributed by atoms with Crippen LogP contribution in [0.1, 0.15) is 17.2 Å². The van der Waals surface area contributed by atoms with Crippen LogP contribution in [0.2, 0.25) is 5.02 Å². The zero-order valence-electron chi connectivity index (χ0n) is 7.00. The molecule has 1 aliphatic heterocycles. The Hall–Kier alpha value is -0.280. The van der Waals surface area contributed by atoms with Crippen LogP contribution in [0.3, 0.4) is 0 Å². The van der Waals surface area contributed by atoms with E-state index in [4.69, 9.17) is 22.1 Å². The summed E-state index contributed by atoms with van der Waals surface area (Å²) in [5.74, 6) is 0. The minimum Gasteiger partial charge on any atom is -0.375 e. The molecule has 0 aromatic heterocycles. The van der Waals surface area contributed by atoms with Gasteiger partial charge in [0.1, 0.15) is 0 Å². The quantitative estimate of drug-likeness (QED) is 0.727. The molecule has 0 aliphatic carbocycles. The summed E-state index contributed by atoms with van der Waals surface area (Å²) >= 11 is 5.97. The molecule has 0 spiro atoms. The van der Waals surface area contributed by atoms with Crippen molar-refractivity contribution in [2.45, 2.75) is 12.6 Å². The van der Waals surface area contributed by atoms with Crippen LogP contribution in [0.25, 0.3) is 0 Å². The number of benzene rings is 1. The fourth-order valence-corrected chi connectivity index (χ4v) is 1.69. The number of hydrogen-bond donors (Lipinski definition) is 1. The second-order valence-corrected chi connectivity index (χ2v) is 3.34. The molecular weight excluding hydrogens is 209 g/mol. The number of fused-ring (bicyclic) bond motifs is 1. The fraction of sp³-hybridized carbons (Fsp3) is 0.333. The van der Waals surface area contributed by atoms with E-state index < -0.39 is 0 Å². The zero-order valence-corrected chi connectivity index (χ0v) is 8.57. The third-order valence-electron chi connectivity index (χ3n) is 2.10. The minimum atomic E-state index is -0.0209. The van der Waals surface area contributed by atoms with Crippen molar-refractivity contribution in [3.05, 3.63) is 34.3 Å². The first-order valence-electron chi connectivity index (χ1n) is 3.89. The molecule has 1 aromatic rings. The molecule has 0 fully saturated rings. The maximum Gasteiger partial charge on any atom is 0.0735 e. The Labute approximate surface area is 88.4 Å². The van der Waals surface area contributed by atoms with Gasteiger partial charge in [0.2, 0.25) is 0 Å². The molecule has 1 aliphatic rings. The topological polar surface area (TPSA) is 35.2 Å². The van der Waals surface area contributed by atoms with Crippen LogP contribution in [-0.4, -0.2) is 6.61 Å². The van der Waals surface area contributed by atoms with Crippen LogP contribution >= 0.6 is 24.0 Å². The minimum absolute atomic E-state index is 0. The van der Waals surface area contributed by atoms with Crippen molar-refractivity contribution in [3.63, 3.8) is 0 Å². The van der Waals surface area contributed by atoms with Crippen molar-refractivity contribution >= 4 is 24.0 Å². The van der Waals surface area contributed by atoms with Gasteiger partial charge in [-0.15, -0.1) is 12.4 Å². The van der Waals surface area contributed by atoms with Gasteiger partial charge in [0, 0.05) is 10.6 Å². The molecule has 1 unspecified atom stereocenters. The highest BCUT2D eigenvalue weighted by Gasteiger charge is 2.18. The summed E-state index contributed by atoms with van der Waals surface area (Å²) < 4.78 is 5.28. The van der Waals surface area contributed by atoms with Crippen molar-refractivity contribution in [3.8, 4) is 0 Å². The van der Waals surface area contributed by atoms with E-state index >= 15 is 0 Å². The van der Waals surface area contributed by atoms with Gasteiger partial charge in [-0.1, -0.05) is 23.7 Å². The third kappa shape index (κ3) is 1.97. The first-order valence-corrected chi connectivity index (χ1v) is 4.27. The Morgan fingerprint density at radius 2 is 2.23 bits per heavy atom. The first kappa shape index (κ1) is 10.8. The van der Waals surface area contributed by atoms with Crippen LogP contribution in [0, 0.1) is 0 Å². The van der Waals surface area contributed by atoms with E-state index in [0.717, 1.165) is 16.1 Å². The van der Waals surface area contributed by atoms with Crippen LogP contribution in [0.5, 0.6) is 0 Å². The van der Waals surface area contributed by atoms with Crippen molar-refractivity contribution < 1.29 is 4.74 Å². The first-order chi connectivity index (χ1) is 5.79. The molecule has 0 saturated carbocycles. The molecule has 1 aromatic carbocycles. The predicted octanol–water partition coefficient (Wildman–Crippen LogP) is 2.29. The van der Waals surface area contributed by atoms with Crippen molar-refractivity contribution in [2.24, 2.45) is 5.73 Å². The molecule has 2 nitrogen and oxygen atoms in total. The molecule has 0 radical (unpaired) electrons. The van der Waals surface area contributed by atoms with Crippen molar-refractivity contribution in [1.29, 1.82) is 0 Å². The summed E-state index contributed by atoms with van der Waals surface area (Å²) in [5.41, 5.74) is 7.99. The molecule has 4 heteroatoms. The molecule has 0 saturated heterocycles. The predicted molar refractivity (Wildman–Crippen MR) is 55.3 cm³/mol. The van der Waals surface area contributed by atoms with Gasteiger partial charge in [0.25, 0.3) is 0 Å². The van der Waals surface area contributed by atoms with E-state index in [1.165, 1.54) is 0 Å². The average molecular weight is 220 g/mol. The number of rotatable bonds is 0. The van der Waals surface area contributed by atoms with E-state index in [0.29, 0.717) is 13.2 Å². The molecule has 2 N–H and O–H groups in total. The van der Waals surface area contributed by atoms with Crippen LogP contribution in [0.4, 0.5) is 0 Å². The molecule has 1 heterocycles. The van der Waals surface area contributed by atoms with Gasteiger partial charge in [0.05, 0.1) is 19.3 Å². The number of nitrogens with two attached hydrogens (primary N) is 1. The van der Waals surface area contributed by atoms with Crippen LogP contribution < -0.4 is 5.73 Å². The summed E-state index contributed by atoms with van der Waals surface area (Å²) in [6.45, 7) is 1.18. The Balaban J connectivity index is 0.000000845. The highest BCUT2D eigenvalue weighted by molar-refractivity contribution is 6.31. The molecule has 2 rings (SSSR count). The van der Waals surface area contributed by atoms with E-state index in [9.17, 15) is 0 Å².